The summed E-state index contributed by atoms with van der Waals surface area (Å²) in [5, 5.41) is 0. The zero-order valence-corrected chi connectivity index (χ0v) is 12.9. The molecule has 0 saturated carbocycles. The van der Waals surface area contributed by atoms with Gasteiger partial charge in [0.1, 0.15) is 0 Å². The molecule has 1 rings (SSSR count). The van der Waals surface area contributed by atoms with Crippen molar-refractivity contribution in [3.05, 3.63) is 0 Å². The van der Waals surface area contributed by atoms with E-state index in [1.807, 2.05) is 4.72 Å². The van der Waals surface area contributed by atoms with Crippen LogP contribution in [0.5, 0.6) is 0 Å². The molecule has 1 aliphatic heterocycles. The lowest BCUT2D eigenvalue weighted by atomic mass is 10.1. The maximum absolute atomic E-state index is 12.0. The molecule has 9 heteroatoms. The maximum Gasteiger partial charge on any atom is 0.421 e. The van der Waals surface area contributed by atoms with Crippen LogP contribution in [0.15, 0.2) is 0 Å². The Balaban J connectivity index is 2.53. The molecule has 1 amide bonds. The van der Waals surface area contributed by atoms with Gasteiger partial charge in [-0.2, -0.15) is 12.7 Å². The summed E-state index contributed by atoms with van der Waals surface area (Å²) in [6, 6.07) is 0.276. The van der Waals surface area contributed by atoms with Crippen molar-refractivity contribution in [2.75, 3.05) is 39.3 Å². The summed E-state index contributed by atoms with van der Waals surface area (Å²) in [5.74, 6) is 0. The summed E-state index contributed by atoms with van der Waals surface area (Å²) in [6.45, 7) is 6.26. The number of rotatable bonds is 6. The fourth-order valence-corrected chi connectivity index (χ4v) is 3.26. The average molecular weight is 308 g/mol. The van der Waals surface area contributed by atoms with Gasteiger partial charge in [0.05, 0.1) is 6.61 Å². The largest absolute Gasteiger partial charge is 0.449 e. The standard InChI is InChI=1S/C11H24N4O4S/c1-3-10(9-12)14-5-7-15(8-6-14)20(17,18)13-11(16)19-4-2/h10H,3-9,12H2,1-2H3,(H,13,16). The van der Waals surface area contributed by atoms with Crippen LogP contribution in [0.3, 0.4) is 0 Å². The first-order chi connectivity index (χ1) is 9.44. The van der Waals surface area contributed by atoms with Gasteiger partial charge in [-0.1, -0.05) is 6.92 Å². The number of hydrogen-bond donors (Lipinski definition) is 2. The van der Waals surface area contributed by atoms with Gasteiger partial charge < -0.3 is 10.5 Å². The molecule has 20 heavy (non-hydrogen) atoms. The minimum absolute atomic E-state index is 0.129. The highest BCUT2D eigenvalue weighted by atomic mass is 32.2. The van der Waals surface area contributed by atoms with E-state index in [4.69, 9.17) is 5.73 Å². The molecule has 1 heterocycles. The van der Waals surface area contributed by atoms with Crippen LogP contribution in [-0.2, 0) is 14.9 Å². The number of amides is 1. The second-order valence-electron chi connectivity index (χ2n) is 4.56. The Kier molecular flexibility index (Phi) is 6.66. The molecule has 8 nitrogen and oxygen atoms in total. The first-order valence-electron chi connectivity index (χ1n) is 6.83. The Morgan fingerprint density at radius 3 is 2.35 bits per heavy atom. The molecular weight excluding hydrogens is 284 g/mol. The highest BCUT2D eigenvalue weighted by Gasteiger charge is 2.30. The highest BCUT2D eigenvalue weighted by Crippen LogP contribution is 2.10. The summed E-state index contributed by atoms with van der Waals surface area (Å²) in [5.41, 5.74) is 5.69. The fourth-order valence-electron chi connectivity index (χ4n) is 2.21. The number of piperazine rings is 1. The Labute approximate surface area is 120 Å². The molecular formula is C11H24N4O4S. The Morgan fingerprint density at radius 2 is 1.90 bits per heavy atom. The Morgan fingerprint density at radius 1 is 1.30 bits per heavy atom. The topological polar surface area (TPSA) is 105 Å². The molecule has 0 bridgehead atoms. The SMILES string of the molecule is CCOC(=O)NS(=O)(=O)N1CCN(C(CC)CN)CC1. The molecule has 0 aromatic carbocycles. The molecule has 0 aromatic rings. The molecule has 1 aliphatic rings. The number of nitrogens with two attached hydrogens (primary N) is 1. The molecule has 0 spiro atoms. The van der Waals surface area contributed by atoms with Crippen molar-refractivity contribution in [3.8, 4) is 0 Å². The zero-order valence-electron chi connectivity index (χ0n) is 12.0. The van der Waals surface area contributed by atoms with E-state index in [0.29, 0.717) is 32.7 Å². The number of carbonyl (C=O) groups excluding carboxylic acids is 1. The van der Waals surface area contributed by atoms with Gasteiger partial charge in [0.15, 0.2) is 0 Å². The van der Waals surface area contributed by atoms with Gasteiger partial charge in [-0.05, 0) is 13.3 Å². The lowest BCUT2D eigenvalue weighted by Gasteiger charge is -2.37. The number of nitrogens with one attached hydrogen (secondary N) is 1. The van der Waals surface area contributed by atoms with Gasteiger partial charge >= 0.3 is 16.3 Å². The second kappa shape index (κ2) is 7.77. The number of hydrogen-bond acceptors (Lipinski definition) is 6. The first kappa shape index (κ1) is 17.2. The lowest BCUT2D eigenvalue weighted by Crippen LogP contribution is -2.56. The minimum atomic E-state index is -3.82. The van der Waals surface area contributed by atoms with E-state index >= 15 is 0 Å². The molecule has 118 valence electrons. The van der Waals surface area contributed by atoms with Gasteiger partial charge in [0, 0.05) is 38.8 Å². The van der Waals surface area contributed by atoms with Crippen molar-refractivity contribution < 1.29 is 17.9 Å². The highest BCUT2D eigenvalue weighted by molar-refractivity contribution is 7.87. The summed E-state index contributed by atoms with van der Waals surface area (Å²) in [4.78, 5) is 13.4. The van der Waals surface area contributed by atoms with Crippen LogP contribution in [-0.4, -0.2) is 69.1 Å². The molecule has 1 atom stereocenters. The monoisotopic (exact) mass is 308 g/mol. The van der Waals surface area contributed by atoms with E-state index in [2.05, 4.69) is 16.6 Å². The van der Waals surface area contributed by atoms with Gasteiger partial charge in [0.2, 0.25) is 0 Å². The minimum Gasteiger partial charge on any atom is -0.449 e. The Bertz CT molecular complexity index is 403. The van der Waals surface area contributed by atoms with Crippen molar-refractivity contribution in [1.29, 1.82) is 0 Å². The summed E-state index contributed by atoms with van der Waals surface area (Å²) >= 11 is 0. The van der Waals surface area contributed by atoms with Gasteiger partial charge in [-0.3, -0.25) is 4.90 Å². The Hall–Kier alpha value is -0.900. The zero-order chi connectivity index (χ0) is 15.2. The normalized spacial score (nSPS) is 19.6. The van der Waals surface area contributed by atoms with Crippen LogP contribution in [0.2, 0.25) is 0 Å². The molecule has 0 aromatic heterocycles. The van der Waals surface area contributed by atoms with E-state index in [0.717, 1.165) is 6.42 Å². The molecule has 1 unspecified atom stereocenters. The van der Waals surface area contributed by atoms with Crippen LogP contribution >= 0.6 is 0 Å². The van der Waals surface area contributed by atoms with Gasteiger partial charge in [-0.15, -0.1) is 0 Å². The van der Waals surface area contributed by atoms with Crippen LogP contribution in [0.1, 0.15) is 20.3 Å². The van der Waals surface area contributed by atoms with Crippen LogP contribution in [0.25, 0.3) is 0 Å². The third-order valence-electron chi connectivity index (χ3n) is 3.36. The smallest absolute Gasteiger partial charge is 0.421 e. The van der Waals surface area contributed by atoms with E-state index in [9.17, 15) is 13.2 Å². The van der Waals surface area contributed by atoms with Crippen molar-refractivity contribution in [2.45, 2.75) is 26.3 Å². The summed E-state index contributed by atoms with van der Waals surface area (Å²) in [6.07, 6.45) is -0.00652. The molecule has 0 aliphatic carbocycles. The first-order valence-corrected chi connectivity index (χ1v) is 8.27. The van der Waals surface area contributed by atoms with E-state index in [1.165, 1.54) is 4.31 Å². The van der Waals surface area contributed by atoms with E-state index in [1.54, 1.807) is 6.92 Å². The summed E-state index contributed by atoms with van der Waals surface area (Å²) < 4.78 is 31.6. The van der Waals surface area contributed by atoms with E-state index < -0.39 is 16.3 Å². The van der Waals surface area contributed by atoms with Gasteiger partial charge in [0.25, 0.3) is 0 Å². The van der Waals surface area contributed by atoms with E-state index in [-0.39, 0.29) is 12.6 Å². The van der Waals surface area contributed by atoms with Crippen LogP contribution in [0.4, 0.5) is 4.79 Å². The molecule has 1 saturated heterocycles. The number of nitrogens with zero attached hydrogens (tertiary/aromatic N) is 2. The molecule has 1 fully saturated rings. The number of carbonyl (C=O) groups is 1. The lowest BCUT2D eigenvalue weighted by molar-refractivity contribution is 0.134. The predicted octanol–water partition coefficient (Wildman–Crippen LogP) is -0.668. The predicted molar refractivity (Wildman–Crippen MR) is 75.4 cm³/mol. The molecule has 3 N–H and O–H groups in total. The third-order valence-corrected chi connectivity index (χ3v) is 4.83. The van der Waals surface area contributed by atoms with Crippen molar-refractivity contribution in [1.82, 2.24) is 13.9 Å². The molecule has 0 radical (unpaired) electrons. The van der Waals surface area contributed by atoms with Crippen LogP contribution in [0, 0.1) is 0 Å². The second-order valence-corrected chi connectivity index (χ2v) is 6.23. The summed E-state index contributed by atoms with van der Waals surface area (Å²) in [7, 11) is -3.82. The third kappa shape index (κ3) is 4.58. The van der Waals surface area contributed by atoms with Gasteiger partial charge in [-0.25, -0.2) is 9.52 Å². The van der Waals surface area contributed by atoms with Crippen LogP contribution < -0.4 is 10.5 Å². The average Bonchev–Trinajstić information content (AvgIpc) is 2.40. The van der Waals surface area contributed by atoms with Crippen molar-refractivity contribution >= 4 is 16.3 Å². The maximum atomic E-state index is 12.0. The fraction of sp³-hybridized carbons (Fsp3) is 0.909. The van der Waals surface area contributed by atoms with Crippen molar-refractivity contribution in [3.63, 3.8) is 0 Å². The van der Waals surface area contributed by atoms with Crippen molar-refractivity contribution in [2.24, 2.45) is 5.73 Å². The number of ether oxygens (including phenoxy) is 1. The quantitative estimate of drug-likeness (QED) is 0.674.